The van der Waals surface area contributed by atoms with Crippen LogP contribution in [-0.4, -0.2) is 245 Å². The predicted molar refractivity (Wildman–Crippen MR) is 329 cm³/mol. The van der Waals surface area contributed by atoms with E-state index < -0.39 is 168 Å². The number of hydrogen-bond acceptors (Lipinski definition) is 22. The Labute approximate surface area is 532 Å². The molecule has 0 aromatic heterocycles. The van der Waals surface area contributed by atoms with Gasteiger partial charge in [0.2, 0.25) is 35.4 Å². The van der Waals surface area contributed by atoms with Crippen LogP contribution in [0.15, 0.2) is 0 Å². The molecule has 0 spiro atoms. The zero-order valence-corrected chi connectivity index (χ0v) is 56.3. The highest BCUT2D eigenvalue weighted by Crippen LogP contribution is 2.38. The number of ether oxygens (including phenoxy) is 6. The number of aliphatic hydroxyl groups is 9. The third-order valence-electron chi connectivity index (χ3n) is 16.9. The van der Waals surface area contributed by atoms with Crippen LogP contribution in [-0.2, 0) is 57.2 Å². The Morgan fingerprint density at radius 3 is 0.822 bits per heavy atom. The summed E-state index contributed by atoms with van der Waals surface area (Å²) in [7, 11) is 1.73. The first-order chi connectivity index (χ1) is 41.4. The molecule has 16 N–H and O–H groups in total. The summed E-state index contributed by atoms with van der Waals surface area (Å²) in [5, 5.41) is 113. The van der Waals surface area contributed by atoms with E-state index in [-0.39, 0.29) is 95.7 Å². The summed E-state index contributed by atoms with van der Waals surface area (Å²) in [5.74, 6) is -2.20. The standard InChI is InChI=1S/C62H115N7O21/c1-35(73)67-44-50(82)47(79)38(23-70)88-53(44)85-32-59(10,11)26-56(4,5)29-64-41(76)17-20-62(63-16,21-18-42(77)65-30-57(6,7)27-60(12,13)33-86-54-45(68-36(2)74)51(83)48(80)39(24-71)89-54)22-19-43(78)66-31-58(8,9)28-61(14,15)34-87-55-46(69-37(3)75)52(84)49(81)40(25-72)90-55/h38-40,44-55,63,70-72,79-84H,17-34H2,1-16H3,(H,64,76)(H,65,77)(H,66,78)(H,67,73)(H,68,74)(H,69,75). The molecule has 0 aromatic rings. The van der Waals surface area contributed by atoms with E-state index in [9.17, 15) is 74.7 Å². The lowest BCUT2D eigenvalue weighted by Crippen LogP contribution is -2.64. The average Bonchev–Trinajstić information content (AvgIpc) is 0.850. The van der Waals surface area contributed by atoms with Crippen LogP contribution in [0.2, 0.25) is 0 Å². The molecule has 0 bridgehead atoms. The molecule has 0 radical (unpaired) electrons. The van der Waals surface area contributed by atoms with Gasteiger partial charge in [-0.05, 0) is 78.1 Å². The molecule has 3 aliphatic rings. The van der Waals surface area contributed by atoms with E-state index >= 15 is 0 Å². The first-order valence-corrected chi connectivity index (χ1v) is 31.5. The lowest BCUT2D eigenvalue weighted by molar-refractivity contribution is -0.276. The van der Waals surface area contributed by atoms with Crippen molar-refractivity contribution in [3.8, 4) is 0 Å². The van der Waals surface area contributed by atoms with Gasteiger partial charge in [-0.1, -0.05) is 83.1 Å². The third-order valence-corrected chi connectivity index (χ3v) is 16.9. The number of carbonyl (C=O) groups is 6. The second-order valence-corrected chi connectivity index (χ2v) is 30.1. The van der Waals surface area contributed by atoms with Gasteiger partial charge in [-0.25, -0.2) is 0 Å². The summed E-state index contributed by atoms with van der Waals surface area (Å²) >= 11 is 0. The highest BCUT2D eigenvalue weighted by Gasteiger charge is 2.49. The van der Waals surface area contributed by atoms with Crippen molar-refractivity contribution >= 4 is 35.4 Å². The first-order valence-electron chi connectivity index (χ1n) is 31.5. The Hall–Kier alpha value is -3.82. The lowest BCUT2D eigenvalue weighted by Gasteiger charge is -2.43. The van der Waals surface area contributed by atoms with Crippen molar-refractivity contribution in [2.75, 3.05) is 66.3 Å². The molecule has 15 atom stereocenters. The monoisotopic (exact) mass is 1290 g/mol. The minimum Gasteiger partial charge on any atom is -0.394 e. The van der Waals surface area contributed by atoms with Gasteiger partial charge in [0.15, 0.2) is 18.9 Å². The van der Waals surface area contributed by atoms with Crippen molar-refractivity contribution in [3.05, 3.63) is 0 Å². The third kappa shape index (κ3) is 26.2. The average molecular weight is 1290 g/mol. The van der Waals surface area contributed by atoms with Gasteiger partial charge in [-0.15, -0.1) is 0 Å². The number of nitrogens with one attached hydrogen (secondary N) is 7. The van der Waals surface area contributed by atoms with Gasteiger partial charge in [0.1, 0.15) is 73.1 Å². The molecule has 0 aliphatic carbocycles. The highest BCUT2D eigenvalue weighted by molar-refractivity contribution is 5.78. The summed E-state index contributed by atoms with van der Waals surface area (Å²) in [5.41, 5.74) is -3.98. The molecule has 28 nitrogen and oxygen atoms in total. The van der Waals surface area contributed by atoms with Crippen LogP contribution < -0.4 is 37.2 Å². The van der Waals surface area contributed by atoms with Gasteiger partial charge >= 0.3 is 0 Å². The second kappa shape index (κ2) is 34.5. The van der Waals surface area contributed by atoms with Gasteiger partial charge in [-0.3, -0.25) is 28.8 Å². The lowest BCUT2D eigenvalue weighted by atomic mass is 9.75. The van der Waals surface area contributed by atoms with Gasteiger partial charge in [0, 0.05) is 65.2 Å². The molecule has 28 heteroatoms. The first kappa shape index (κ1) is 80.4. The summed E-state index contributed by atoms with van der Waals surface area (Å²) in [6.45, 7) is 26.7. The van der Waals surface area contributed by atoms with Gasteiger partial charge in [0.05, 0.1) is 39.6 Å². The maximum Gasteiger partial charge on any atom is 0.220 e. The van der Waals surface area contributed by atoms with Crippen molar-refractivity contribution < 1.29 is 103 Å². The Morgan fingerprint density at radius 1 is 0.389 bits per heavy atom. The van der Waals surface area contributed by atoms with Crippen LogP contribution in [0.1, 0.15) is 162 Å². The predicted octanol–water partition coefficient (Wildman–Crippen LogP) is -1.16. The normalized spacial score (nSPS) is 28.7. The van der Waals surface area contributed by atoms with E-state index in [2.05, 4.69) is 37.2 Å². The highest BCUT2D eigenvalue weighted by atomic mass is 16.7. The molecule has 15 unspecified atom stereocenters. The van der Waals surface area contributed by atoms with Crippen molar-refractivity contribution in [2.24, 2.45) is 32.5 Å². The summed E-state index contributed by atoms with van der Waals surface area (Å²) < 4.78 is 35.6. The zero-order chi connectivity index (χ0) is 68.5. The molecule has 3 saturated heterocycles. The fraction of sp³-hybridized carbons (Fsp3) is 0.903. The van der Waals surface area contributed by atoms with Crippen LogP contribution in [0.4, 0.5) is 0 Å². The van der Waals surface area contributed by atoms with E-state index in [1.165, 1.54) is 20.8 Å². The summed E-state index contributed by atoms with van der Waals surface area (Å²) in [6.07, 6.45) is -13.3. The summed E-state index contributed by atoms with van der Waals surface area (Å²) in [4.78, 5) is 77.6. The van der Waals surface area contributed by atoms with Crippen LogP contribution >= 0.6 is 0 Å². The Kier molecular flexibility index (Phi) is 30.9. The number of rotatable bonds is 37. The zero-order valence-electron chi connectivity index (χ0n) is 56.3. The minimum atomic E-state index is -1.47. The second-order valence-electron chi connectivity index (χ2n) is 30.1. The quantitative estimate of drug-likeness (QED) is 0.0349. The van der Waals surface area contributed by atoms with E-state index in [4.69, 9.17) is 28.4 Å². The SMILES string of the molecule is CNC(CCC(=O)NCC(C)(C)CC(C)(C)COC1OC(CO)C(O)C(O)C1NC(C)=O)(CCC(=O)NCC(C)(C)CC(C)(C)COC1OC(CO)C(O)C(O)C1NC(C)=O)CCC(=O)NCC(C)(C)CC(C)(C)COC1OC(CO)C(O)C(O)C1NC(C)=O. The van der Waals surface area contributed by atoms with Crippen LogP contribution in [0.3, 0.4) is 0 Å². The van der Waals surface area contributed by atoms with Crippen molar-refractivity contribution in [1.82, 2.24) is 37.2 Å². The Morgan fingerprint density at radius 2 is 0.622 bits per heavy atom. The largest absolute Gasteiger partial charge is 0.394 e. The maximum atomic E-state index is 13.9. The van der Waals surface area contributed by atoms with E-state index in [0.717, 1.165) is 0 Å². The maximum absolute atomic E-state index is 13.9. The molecular formula is C62H115N7O21. The smallest absolute Gasteiger partial charge is 0.220 e. The number of aliphatic hydroxyl groups excluding tert-OH is 9. The molecule has 3 rings (SSSR count). The van der Waals surface area contributed by atoms with Gasteiger partial charge < -0.3 is 112 Å². The van der Waals surface area contributed by atoms with Crippen LogP contribution in [0.5, 0.6) is 0 Å². The minimum absolute atomic E-state index is 0.0418. The fourth-order valence-corrected chi connectivity index (χ4v) is 13.1. The van der Waals surface area contributed by atoms with Crippen molar-refractivity contribution in [1.29, 1.82) is 0 Å². The molecule has 6 amide bonds. The Bertz CT molecular complexity index is 2050. The van der Waals surface area contributed by atoms with E-state index in [1.54, 1.807) is 7.05 Å². The van der Waals surface area contributed by atoms with Crippen molar-refractivity contribution in [2.45, 2.75) is 259 Å². The van der Waals surface area contributed by atoms with Gasteiger partial charge in [-0.2, -0.15) is 0 Å². The molecule has 3 fully saturated rings. The summed E-state index contributed by atoms with van der Waals surface area (Å²) in [6, 6.07) is -3.31. The molecule has 0 saturated carbocycles. The number of amides is 6. The van der Waals surface area contributed by atoms with E-state index in [1.807, 2.05) is 83.1 Å². The van der Waals surface area contributed by atoms with E-state index in [0.29, 0.717) is 19.3 Å². The molecule has 3 aliphatic heterocycles. The topological polar surface area (TPSA) is 424 Å². The molecule has 0 aromatic carbocycles. The van der Waals surface area contributed by atoms with Crippen LogP contribution in [0.25, 0.3) is 0 Å². The molecule has 3 heterocycles. The van der Waals surface area contributed by atoms with Crippen LogP contribution in [0, 0.1) is 32.5 Å². The fourth-order valence-electron chi connectivity index (χ4n) is 13.1. The molecular weight excluding hydrogens is 1180 g/mol. The Balaban J connectivity index is 1.72. The number of carbonyl (C=O) groups excluding carboxylic acids is 6. The number of hydrogen-bond donors (Lipinski definition) is 16. The molecule has 524 valence electrons. The molecule has 90 heavy (non-hydrogen) atoms. The van der Waals surface area contributed by atoms with Gasteiger partial charge in [0.25, 0.3) is 0 Å². The van der Waals surface area contributed by atoms with Crippen molar-refractivity contribution in [3.63, 3.8) is 0 Å².